The fourth-order valence-corrected chi connectivity index (χ4v) is 1.89. The smallest absolute Gasteiger partial charge is 0.422 e. The van der Waals surface area contributed by atoms with Gasteiger partial charge in [0.05, 0.1) is 18.1 Å². The van der Waals surface area contributed by atoms with Gasteiger partial charge in [-0.3, -0.25) is 4.98 Å². The number of fused-ring (bicyclic) bond motifs is 1. The molecule has 0 spiro atoms. The van der Waals surface area contributed by atoms with Crippen LogP contribution in [0.25, 0.3) is 22.4 Å². The molecule has 2 heterocycles. The van der Waals surface area contributed by atoms with E-state index in [1.54, 1.807) is 0 Å². The second-order valence-corrected chi connectivity index (χ2v) is 4.46. The van der Waals surface area contributed by atoms with Crippen molar-refractivity contribution in [1.82, 2.24) is 15.0 Å². The van der Waals surface area contributed by atoms with Gasteiger partial charge in [0.1, 0.15) is 5.52 Å². The van der Waals surface area contributed by atoms with Crippen molar-refractivity contribution in [3.05, 3.63) is 40.9 Å². The summed E-state index contributed by atoms with van der Waals surface area (Å²) in [6.45, 7) is -1.49. The third-order valence-corrected chi connectivity index (χ3v) is 2.82. The molecule has 0 radical (unpaired) electrons. The van der Waals surface area contributed by atoms with Gasteiger partial charge in [0.2, 0.25) is 5.88 Å². The van der Waals surface area contributed by atoms with Gasteiger partial charge in [-0.05, 0) is 12.1 Å². The van der Waals surface area contributed by atoms with Gasteiger partial charge in [-0.25, -0.2) is 19.2 Å². The molecule has 0 aliphatic heterocycles. The van der Waals surface area contributed by atoms with E-state index in [1.807, 2.05) is 0 Å². The number of rotatable bonds is 3. The van der Waals surface area contributed by atoms with Gasteiger partial charge in [0.25, 0.3) is 0 Å². The van der Waals surface area contributed by atoms with E-state index in [2.05, 4.69) is 19.7 Å². The summed E-state index contributed by atoms with van der Waals surface area (Å²) in [5.74, 6) is -1.85. The molecule has 0 saturated heterocycles. The van der Waals surface area contributed by atoms with Crippen molar-refractivity contribution in [2.45, 2.75) is 6.18 Å². The zero-order valence-corrected chi connectivity index (χ0v) is 11.1. The molecule has 10 heteroatoms. The molecule has 1 N–H and O–H groups in total. The Bertz CT molecular complexity index is 899. The molecular weight excluding hydrogens is 322 g/mol. The number of hydrogen-bond acceptors (Lipinski definition) is 5. The minimum absolute atomic E-state index is 0.0618. The molecule has 1 aromatic carbocycles. The maximum Gasteiger partial charge on any atom is 0.422 e. The van der Waals surface area contributed by atoms with Crippen molar-refractivity contribution < 1.29 is 26.7 Å². The Kier molecular flexibility index (Phi) is 3.51. The predicted molar refractivity (Wildman–Crippen MR) is 69.4 cm³/mol. The van der Waals surface area contributed by atoms with E-state index < -0.39 is 24.4 Å². The van der Waals surface area contributed by atoms with Crippen molar-refractivity contribution in [2.75, 3.05) is 6.61 Å². The summed E-state index contributed by atoms with van der Waals surface area (Å²) in [4.78, 5) is 21.0. The quantitative estimate of drug-likeness (QED) is 0.747. The van der Waals surface area contributed by atoms with Crippen LogP contribution >= 0.6 is 0 Å². The number of aromatic amines is 1. The van der Waals surface area contributed by atoms with E-state index in [-0.39, 0.29) is 28.2 Å². The summed E-state index contributed by atoms with van der Waals surface area (Å²) >= 11 is 0. The molecule has 0 aliphatic rings. The third kappa shape index (κ3) is 3.15. The first-order valence-corrected chi connectivity index (χ1v) is 6.17. The summed E-state index contributed by atoms with van der Waals surface area (Å²) in [6, 6.07) is 2.41. The third-order valence-electron chi connectivity index (χ3n) is 2.82. The molecule has 0 amide bonds. The highest BCUT2D eigenvalue weighted by Gasteiger charge is 2.28. The first kappa shape index (κ1) is 15.0. The number of aromatic nitrogens is 3. The van der Waals surface area contributed by atoms with E-state index in [9.17, 15) is 22.4 Å². The van der Waals surface area contributed by atoms with Crippen LogP contribution in [-0.4, -0.2) is 27.7 Å². The topological polar surface area (TPSA) is 81.0 Å². The largest absolute Gasteiger partial charge is 0.467 e. The number of nitrogens with one attached hydrogen (secondary N) is 1. The number of alkyl halides is 3. The Morgan fingerprint density at radius 2 is 2.00 bits per heavy atom. The van der Waals surface area contributed by atoms with Gasteiger partial charge in [-0.15, -0.1) is 0 Å². The van der Waals surface area contributed by atoms with Gasteiger partial charge in [-0.1, -0.05) is 0 Å². The van der Waals surface area contributed by atoms with Crippen LogP contribution in [0.15, 0.2) is 33.7 Å². The predicted octanol–water partition coefficient (Wildman–Crippen LogP) is 2.66. The zero-order chi connectivity index (χ0) is 16.6. The summed E-state index contributed by atoms with van der Waals surface area (Å²) in [7, 11) is 0. The lowest BCUT2D eigenvalue weighted by Gasteiger charge is -2.08. The Morgan fingerprint density at radius 1 is 1.22 bits per heavy atom. The Balaban J connectivity index is 1.94. The highest BCUT2D eigenvalue weighted by atomic mass is 19.4. The number of oxazole rings is 1. The summed E-state index contributed by atoms with van der Waals surface area (Å²) in [5, 5.41) is 0. The maximum atomic E-state index is 13.6. The molecule has 6 nitrogen and oxygen atoms in total. The molecule has 0 aliphatic carbocycles. The van der Waals surface area contributed by atoms with Gasteiger partial charge in [0.15, 0.2) is 18.0 Å². The van der Waals surface area contributed by atoms with Crippen molar-refractivity contribution in [2.24, 2.45) is 0 Å². The summed E-state index contributed by atoms with van der Waals surface area (Å²) < 4.78 is 59.0. The van der Waals surface area contributed by atoms with E-state index >= 15 is 0 Å². The maximum absolute atomic E-state index is 13.6. The molecule has 0 saturated carbocycles. The van der Waals surface area contributed by atoms with Gasteiger partial charge in [0, 0.05) is 5.56 Å². The minimum atomic E-state index is -4.49. The number of H-pyrrole nitrogens is 1. The molecule has 0 atom stereocenters. The molecule has 0 fully saturated rings. The number of halogens is 4. The number of benzene rings is 1. The number of ether oxygens (including phenoxy) is 1. The van der Waals surface area contributed by atoms with E-state index in [4.69, 9.17) is 4.42 Å². The molecule has 2 aromatic heterocycles. The van der Waals surface area contributed by atoms with Crippen LogP contribution in [0, 0.1) is 5.82 Å². The van der Waals surface area contributed by atoms with Crippen LogP contribution in [0.4, 0.5) is 17.6 Å². The normalized spacial score (nSPS) is 11.8. The van der Waals surface area contributed by atoms with Crippen LogP contribution in [0.1, 0.15) is 0 Å². The lowest BCUT2D eigenvalue weighted by molar-refractivity contribution is -0.154. The summed E-state index contributed by atoms with van der Waals surface area (Å²) in [6.07, 6.45) is -2.37. The lowest BCUT2D eigenvalue weighted by atomic mass is 10.1. The van der Waals surface area contributed by atoms with E-state index in [1.165, 1.54) is 6.07 Å². The first-order chi connectivity index (χ1) is 10.8. The Labute approximate surface area is 124 Å². The molecule has 0 unspecified atom stereocenters. The Morgan fingerprint density at radius 3 is 2.65 bits per heavy atom. The van der Waals surface area contributed by atoms with Crippen molar-refractivity contribution in [3.63, 3.8) is 0 Å². The van der Waals surface area contributed by atoms with E-state index in [0.717, 1.165) is 18.5 Å². The van der Waals surface area contributed by atoms with Gasteiger partial charge < -0.3 is 9.15 Å². The SMILES string of the molecule is O=c1[nH]c2c(F)ccc(-c3cnc(OCC(F)(F)F)cn3)c2o1. The number of nitrogens with zero attached hydrogens (tertiary/aromatic N) is 2. The van der Waals surface area contributed by atoms with Crippen LogP contribution in [0.3, 0.4) is 0 Å². The number of hydrogen-bond donors (Lipinski definition) is 1. The van der Waals surface area contributed by atoms with Crippen LogP contribution in [0.5, 0.6) is 5.88 Å². The minimum Gasteiger partial charge on any atom is -0.467 e. The molecule has 3 rings (SSSR count). The fourth-order valence-electron chi connectivity index (χ4n) is 1.89. The average molecular weight is 329 g/mol. The van der Waals surface area contributed by atoms with E-state index in [0.29, 0.717) is 0 Å². The highest BCUT2D eigenvalue weighted by molar-refractivity contribution is 5.88. The van der Waals surface area contributed by atoms with Crippen molar-refractivity contribution in [3.8, 4) is 17.1 Å². The van der Waals surface area contributed by atoms with Gasteiger partial charge in [-0.2, -0.15) is 13.2 Å². The van der Waals surface area contributed by atoms with Crippen LogP contribution in [0.2, 0.25) is 0 Å². The van der Waals surface area contributed by atoms with Crippen molar-refractivity contribution >= 4 is 11.1 Å². The van der Waals surface area contributed by atoms with Crippen LogP contribution < -0.4 is 10.5 Å². The molecule has 23 heavy (non-hydrogen) atoms. The average Bonchev–Trinajstić information content (AvgIpc) is 2.88. The molecular formula is C13H7F4N3O3. The molecule has 120 valence electrons. The Hall–Kier alpha value is -2.91. The fraction of sp³-hybridized carbons (Fsp3) is 0.154. The standard InChI is InChI=1S/C13H7F4N3O3/c14-7-2-1-6(11-10(7)20-12(21)23-11)8-3-19-9(4-18-8)22-5-13(15,16)17/h1-4H,5H2,(H,20,21). The van der Waals surface area contributed by atoms with Crippen molar-refractivity contribution in [1.29, 1.82) is 0 Å². The zero-order valence-electron chi connectivity index (χ0n) is 11.1. The van der Waals surface area contributed by atoms with Gasteiger partial charge >= 0.3 is 11.9 Å². The lowest BCUT2D eigenvalue weighted by Crippen LogP contribution is -2.19. The second-order valence-electron chi connectivity index (χ2n) is 4.46. The first-order valence-electron chi connectivity index (χ1n) is 6.17. The molecule has 0 bridgehead atoms. The highest BCUT2D eigenvalue weighted by Crippen LogP contribution is 2.27. The second kappa shape index (κ2) is 5.38. The monoisotopic (exact) mass is 329 g/mol. The summed E-state index contributed by atoms with van der Waals surface area (Å²) in [5.41, 5.74) is 0.242. The molecule has 3 aromatic rings. The van der Waals surface area contributed by atoms with Crippen LogP contribution in [-0.2, 0) is 0 Å².